The highest BCUT2D eigenvalue weighted by molar-refractivity contribution is 5.77. The minimum atomic E-state index is -0.733. The first-order valence-corrected chi connectivity index (χ1v) is 6.10. The van der Waals surface area contributed by atoms with Crippen molar-refractivity contribution in [3.8, 4) is 5.75 Å². The molecular weight excluding hydrogens is 230 g/mol. The van der Waals surface area contributed by atoms with Crippen LogP contribution < -0.4 is 10.5 Å². The number of esters is 1. The van der Waals surface area contributed by atoms with Gasteiger partial charge in [0.2, 0.25) is 0 Å². The smallest absolute Gasteiger partial charge is 0.327 e. The van der Waals surface area contributed by atoms with Crippen molar-refractivity contribution in [1.82, 2.24) is 0 Å². The normalized spacial score (nSPS) is 12.3. The van der Waals surface area contributed by atoms with Gasteiger partial charge in [0, 0.05) is 0 Å². The lowest BCUT2D eigenvalue weighted by Gasteiger charge is -2.13. The Kier molecular flexibility index (Phi) is 5.65. The summed E-state index contributed by atoms with van der Waals surface area (Å²) in [6, 6.07) is 6.36. The van der Waals surface area contributed by atoms with Gasteiger partial charge in [0.15, 0.2) is 0 Å². The van der Waals surface area contributed by atoms with E-state index in [-0.39, 0.29) is 5.97 Å². The number of rotatable bonds is 6. The molecule has 0 amide bonds. The van der Waals surface area contributed by atoms with Crippen LogP contribution in [0.25, 0.3) is 0 Å². The lowest BCUT2D eigenvalue weighted by Crippen LogP contribution is -2.24. The summed E-state index contributed by atoms with van der Waals surface area (Å²) < 4.78 is 10.2. The van der Waals surface area contributed by atoms with Gasteiger partial charge in [-0.15, -0.1) is 0 Å². The van der Waals surface area contributed by atoms with Gasteiger partial charge in [-0.2, -0.15) is 0 Å². The third-order valence-corrected chi connectivity index (χ3v) is 2.67. The van der Waals surface area contributed by atoms with Crippen molar-refractivity contribution in [3.63, 3.8) is 0 Å². The molecule has 4 nitrogen and oxygen atoms in total. The topological polar surface area (TPSA) is 61.5 Å². The van der Waals surface area contributed by atoms with Crippen molar-refractivity contribution >= 4 is 5.97 Å². The summed E-state index contributed by atoms with van der Waals surface area (Å²) in [5, 5.41) is 0. The summed E-state index contributed by atoms with van der Waals surface area (Å²) in [6.45, 7) is 4.58. The van der Waals surface area contributed by atoms with Gasteiger partial charge in [0.05, 0.1) is 13.7 Å². The summed E-state index contributed by atoms with van der Waals surface area (Å²) in [5.74, 6) is 0.856. The van der Waals surface area contributed by atoms with Gasteiger partial charge in [-0.3, -0.25) is 0 Å². The van der Waals surface area contributed by atoms with Crippen LogP contribution >= 0.6 is 0 Å². The predicted octanol–water partition coefficient (Wildman–Crippen LogP) is 2.28. The van der Waals surface area contributed by atoms with Gasteiger partial charge in [-0.05, 0) is 30.0 Å². The Morgan fingerprint density at radius 2 is 1.89 bits per heavy atom. The van der Waals surface area contributed by atoms with Crippen LogP contribution in [-0.2, 0) is 9.53 Å². The molecule has 0 bridgehead atoms. The summed E-state index contributed by atoms with van der Waals surface area (Å²) in [4.78, 5) is 11.7. The van der Waals surface area contributed by atoms with E-state index in [1.54, 1.807) is 31.4 Å². The van der Waals surface area contributed by atoms with Crippen LogP contribution in [0.5, 0.6) is 5.75 Å². The van der Waals surface area contributed by atoms with E-state index < -0.39 is 6.04 Å². The van der Waals surface area contributed by atoms with E-state index >= 15 is 0 Å². The second-order valence-corrected chi connectivity index (χ2v) is 4.60. The number of hydrogen-bond donors (Lipinski definition) is 1. The Hall–Kier alpha value is -1.55. The Morgan fingerprint density at radius 1 is 1.28 bits per heavy atom. The third kappa shape index (κ3) is 4.37. The number of ether oxygens (including phenoxy) is 2. The Labute approximate surface area is 108 Å². The van der Waals surface area contributed by atoms with Crippen LogP contribution in [0, 0.1) is 5.92 Å². The molecule has 0 heterocycles. The molecule has 0 aliphatic carbocycles. The Morgan fingerprint density at radius 3 is 2.39 bits per heavy atom. The van der Waals surface area contributed by atoms with Gasteiger partial charge in [0.1, 0.15) is 11.8 Å². The molecule has 4 heteroatoms. The van der Waals surface area contributed by atoms with Crippen LogP contribution in [0.1, 0.15) is 31.9 Å². The number of benzene rings is 1. The lowest BCUT2D eigenvalue weighted by atomic mass is 10.1. The van der Waals surface area contributed by atoms with Gasteiger partial charge >= 0.3 is 5.97 Å². The molecule has 1 aromatic rings. The molecule has 0 saturated heterocycles. The maximum Gasteiger partial charge on any atom is 0.327 e. The fraction of sp³-hybridized carbons (Fsp3) is 0.500. The van der Waals surface area contributed by atoms with Crippen LogP contribution in [-0.4, -0.2) is 19.7 Å². The number of hydrogen-bond acceptors (Lipinski definition) is 4. The van der Waals surface area contributed by atoms with Crippen molar-refractivity contribution in [3.05, 3.63) is 29.8 Å². The first-order chi connectivity index (χ1) is 8.54. The first-order valence-electron chi connectivity index (χ1n) is 6.10. The quantitative estimate of drug-likeness (QED) is 0.788. The fourth-order valence-electron chi connectivity index (χ4n) is 1.43. The van der Waals surface area contributed by atoms with Crippen LogP contribution in [0.15, 0.2) is 24.3 Å². The Bertz CT molecular complexity index is 373. The van der Waals surface area contributed by atoms with E-state index in [1.807, 2.05) is 0 Å². The summed E-state index contributed by atoms with van der Waals surface area (Å²) >= 11 is 0. The van der Waals surface area contributed by atoms with Crippen LogP contribution in [0.4, 0.5) is 0 Å². The monoisotopic (exact) mass is 251 g/mol. The zero-order valence-electron chi connectivity index (χ0n) is 11.2. The van der Waals surface area contributed by atoms with Gasteiger partial charge < -0.3 is 15.2 Å². The maximum atomic E-state index is 11.7. The molecule has 0 aromatic heterocycles. The van der Waals surface area contributed by atoms with E-state index in [2.05, 4.69) is 13.8 Å². The van der Waals surface area contributed by atoms with Crippen LogP contribution in [0.3, 0.4) is 0 Å². The van der Waals surface area contributed by atoms with Gasteiger partial charge in [0.25, 0.3) is 0 Å². The molecule has 1 aromatic carbocycles. The van der Waals surface area contributed by atoms with Crippen molar-refractivity contribution in [2.45, 2.75) is 26.3 Å². The van der Waals surface area contributed by atoms with E-state index in [9.17, 15) is 4.79 Å². The van der Waals surface area contributed by atoms with Crippen molar-refractivity contribution < 1.29 is 14.3 Å². The third-order valence-electron chi connectivity index (χ3n) is 2.67. The molecule has 100 valence electrons. The molecule has 1 atom stereocenters. The molecule has 1 rings (SSSR count). The van der Waals surface area contributed by atoms with Gasteiger partial charge in [-0.1, -0.05) is 26.0 Å². The average molecular weight is 251 g/mol. The molecule has 0 aliphatic rings. The number of carbonyl (C=O) groups is 1. The van der Waals surface area contributed by atoms with Crippen molar-refractivity contribution in [2.75, 3.05) is 13.7 Å². The van der Waals surface area contributed by atoms with Gasteiger partial charge in [-0.25, -0.2) is 4.79 Å². The summed E-state index contributed by atoms with van der Waals surface area (Å²) in [6.07, 6.45) is 0.848. The molecule has 1 unspecified atom stereocenters. The SMILES string of the molecule is COc1ccc(C(N)C(=O)OCCC(C)C)cc1. The number of methoxy groups -OCH3 is 1. The molecule has 2 N–H and O–H groups in total. The molecular formula is C14H21NO3. The average Bonchev–Trinajstić information content (AvgIpc) is 2.37. The number of carbonyl (C=O) groups excluding carboxylic acids is 1. The van der Waals surface area contributed by atoms with Crippen molar-refractivity contribution in [2.24, 2.45) is 11.7 Å². The maximum absolute atomic E-state index is 11.7. The van der Waals surface area contributed by atoms with E-state index in [0.717, 1.165) is 17.7 Å². The minimum absolute atomic E-state index is 0.388. The lowest BCUT2D eigenvalue weighted by molar-refractivity contribution is -0.145. The largest absolute Gasteiger partial charge is 0.497 e. The molecule has 0 fully saturated rings. The number of nitrogens with two attached hydrogens (primary N) is 1. The van der Waals surface area contributed by atoms with E-state index in [1.165, 1.54) is 0 Å². The van der Waals surface area contributed by atoms with E-state index in [0.29, 0.717) is 12.5 Å². The molecule has 0 aliphatic heterocycles. The standard InChI is InChI=1S/C14H21NO3/c1-10(2)8-9-18-14(16)13(15)11-4-6-12(17-3)7-5-11/h4-7,10,13H,8-9,15H2,1-3H3. The summed E-state index contributed by atoms with van der Waals surface area (Å²) in [7, 11) is 1.59. The first kappa shape index (κ1) is 14.5. The highest BCUT2D eigenvalue weighted by atomic mass is 16.5. The van der Waals surface area contributed by atoms with Crippen LogP contribution in [0.2, 0.25) is 0 Å². The zero-order chi connectivity index (χ0) is 13.5. The molecule has 0 spiro atoms. The molecule has 0 radical (unpaired) electrons. The van der Waals surface area contributed by atoms with E-state index in [4.69, 9.17) is 15.2 Å². The predicted molar refractivity (Wildman–Crippen MR) is 70.3 cm³/mol. The minimum Gasteiger partial charge on any atom is -0.497 e. The summed E-state index contributed by atoms with van der Waals surface area (Å²) in [5.41, 5.74) is 6.56. The molecule has 0 saturated carbocycles. The van der Waals surface area contributed by atoms with Crippen molar-refractivity contribution in [1.29, 1.82) is 0 Å². The zero-order valence-corrected chi connectivity index (χ0v) is 11.2. The second-order valence-electron chi connectivity index (χ2n) is 4.60. The highest BCUT2D eigenvalue weighted by Gasteiger charge is 2.17. The Balaban J connectivity index is 2.51. The fourth-order valence-corrected chi connectivity index (χ4v) is 1.43. The molecule has 18 heavy (non-hydrogen) atoms. The highest BCUT2D eigenvalue weighted by Crippen LogP contribution is 2.17. The second kappa shape index (κ2) is 7.01.